The molecule has 2 aliphatic rings. The number of ether oxygens (including phenoxy) is 1. The molecule has 9 heteroatoms. The second-order valence-electron chi connectivity index (χ2n) is 9.14. The van der Waals surface area contributed by atoms with Gasteiger partial charge in [0.2, 0.25) is 10.0 Å². The molecule has 0 spiro atoms. The third kappa shape index (κ3) is 7.01. The summed E-state index contributed by atoms with van der Waals surface area (Å²) < 4.78 is 35.4. The molecule has 2 aliphatic carbocycles. The number of hydrogen-bond donors (Lipinski definition) is 3. The maximum atomic E-state index is 13.1. The Kier molecular flexibility index (Phi) is 8.53. The van der Waals surface area contributed by atoms with Gasteiger partial charge in [0.15, 0.2) is 0 Å². The molecular weight excluding hydrogens is 452 g/mol. The first-order valence-corrected chi connectivity index (χ1v) is 13.7. The Balaban J connectivity index is 1.32. The van der Waals surface area contributed by atoms with Crippen molar-refractivity contribution in [3.63, 3.8) is 0 Å². The summed E-state index contributed by atoms with van der Waals surface area (Å²) in [4.78, 5) is 16.3. The Morgan fingerprint density at radius 2 is 1.71 bits per heavy atom. The van der Waals surface area contributed by atoms with Gasteiger partial charge in [-0.15, -0.1) is 0 Å². The topological polar surface area (TPSA) is 109 Å². The number of carbonyl (C=O) groups is 1. The van der Waals surface area contributed by atoms with E-state index >= 15 is 0 Å². The highest BCUT2D eigenvalue weighted by molar-refractivity contribution is 7.89. The summed E-state index contributed by atoms with van der Waals surface area (Å²) in [5.74, 6) is 0. The number of anilines is 1. The number of nitrogens with one attached hydrogen (secondary N) is 3. The van der Waals surface area contributed by atoms with Gasteiger partial charge in [-0.2, -0.15) is 0 Å². The largest absolute Gasteiger partial charge is 0.373 e. The molecule has 4 rings (SSSR count). The van der Waals surface area contributed by atoms with Crippen LogP contribution in [0.25, 0.3) is 0 Å². The van der Waals surface area contributed by atoms with Gasteiger partial charge in [0.05, 0.1) is 17.1 Å². The van der Waals surface area contributed by atoms with E-state index in [1.54, 1.807) is 30.6 Å². The van der Waals surface area contributed by atoms with Gasteiger partial charge in [-0.1, -0.05) is 38.2 Å². The Bertz CT molecular complexity index is 1020. The molecule has 2 fully saturated rings. The molecule has 184 valence electrons. The Morgan fingerprint density at radius 3 is 2.44 bits per heavy atom. The van der Waals surface area contributed by atoms with Crippen molar-refractivity contribution < 1.29 is 17.9 Å². The van der Waals surface area contributed by atoms with Crippen molar-refractivity contribution in [2.75, 3.05) is 5.32 Å². The van der Waals surface area contributed by atoms with E-state index in [1.165, 1.54) is 31.4 Å². The number of hydrogen-bond acceptors (Lipinski definition) is 5. The van der Waals surface area contributed by atoms with Crippen molar-refractivity contribution in [2.24, 2.45) is 0 Å². The lowest BCUT2D eigenvalue weighted by atomic mass is 9.92. The Hall–Kier alpha value is -2.49. The van der Waals surface area contributed by atoms with Gasteiger partial charge in [-0.25, -0.2) is 17.9 Å². The fourth-order valence-electron chi connectivity index (χ4n) is 4.69. The van der Waals surface area contributed by atoms with Gasteiger partial charge < -0.3 is 15.4 Å². The number of sulfonamides is 1. The first kappa shape index (κ1) is 24.6. The fourth-order valence-corrected chi connectivity index (χ4v) is 5.99. The van der Waals surface area contributed by atoms with Gasteiger partial charge in [-0.05, 0) is 61.6 Å². The summed E-state index contributed by atoms with van der Waals surface area (Å²) in [6.07, 6.45) is 13.1. The number of pyridine rings is 1. The van der Waals surface area contributed by atoms with Gasteiger partial charge in [-0.3, -0.25) is 4.98 Å². The van der Waals surface area contributed by atoms with Crippen molar-refractivity contribution in [3.8, 4) is 0 Å². The third-order valence-corrected chi connectivity index (χ3v) is 8.03. The van der Waals surface area contributed by atoms with E-state index in [2.05, 4.69) is 20.3 Å². The number of rotatable bonds is 8. The van der Waals surface area contributed by atoms with Crippen LogP contribution in [0.15, 0.2) is 53.7 Å². The molecular formula is C25H34N4O4S. The lowest BCUT2D eigenvalue weighted by molar-refractivity contribution is -0.0565. The van der Waals surface area contributed by atoms with Gasteiger partial charge in [0.1, 0.15) is 0 Å². The van der Waals surface area contributed by atoms with Crippen molar-refractivity contribution in [1.82, 2.24) is 15.0 Å². The Labute approximate surface area is 201 Å². The minimum absolute atomic E-state index is 0.0731. The molecule has 2 atom stereocenters. The van der Waals surface area contributed by atoms with E-state index in [1.807, 2.05) is 6.07 Å². The number of urea groups is 1. The molecule has 1 aromatic heterocycles. The first-order valence-electron chi connectivity index (χ1n) is 12.2. The predicted octanol–water partition coefficient (Wildman–Crippen LogP) is 4.34. The molecule has 0 aliphatic heterocycles. The summed E-state index contributed by atoms with van der Waals surface area (Å²) in [5, 5.41) is 5.47. The van der Waals surface area contributed by atoms with E-state index in [0.29, 0.717) is 12.2 Å². The highest BCUT2D eigenvalue weighted by Crippen LogP contribution is 2.28. The average Bonchev–Trinajstić information content (AvgIpc) is 2.85. The number of carbonyl (C=O) groups excluding carboxylic acids is 1. The zero-order valence-corrected chi connectivity index (χ0v) is 20.2. The van der Waals surface area contributed by atoms with Crippen LogP contribution in [0.3, 0.4) is 0 Å². The third-order valence-electron chi connectivity index (χ3n) is 6.53. The molecule has 1 heterocycles. The van der Waals surface area contributed by atoms with Crippen LogP contribution in [0.1, 0.15) is 63.4 Å². The Morgan fingerprint density at radius 1 is 0.971 bits per heavy atom. The number of benzene rings is 1. The molecule has 34 heavy (non-hydrogen) atoms. The second kappa shape index (κ2) is 11.8. The summed E-state index contributed by atoms with van der Waals surface area (Å²) in [5.41, 5.74) is 1.40. The monoisotopic (exact) mass is 486 g/mol. The van der Waals surface area contributed by atoms with E-state index in [-0.39, 0.29) is 29.2 Å². The van der Waals surface area contributed by atoms with Crippen LogP contribution in [0.4, 0.5) is 10.5 Å². The molecule has 2 aromatic rings. The standard InChI is InChI=1S/C25H34N4O4S/c30-25(27-18-19-7-6-16-26-17-19)28-20-12-14-22(15-13-20)34(31,32)29-23-10-4-5-11-24(23)33-21-8-2-1-3-9-21/h6-7,12-17,21,23-24,29H,1-5,8-11,18H2,(H2,27,28,30). The van der Waals surface area contributed by atoms with E-state index in [0.717, 1.165) is 44.1 Å². The predicted molar refractivity (Wildman–Crippen MR) is 131 cm³/mol. The summed E-state index contributed by atoms with van der Waals surface area (Å²) in [6.45, 7) is 0.349. The van der Waals surface area contributed by atoms with Crippen LogP contribution in [0.5, 0.6) is 0 Å². The maximum Gasteiger partial charge on any atom is 0.319 e. The lowest BCUT2D eigenvalue weighted by Crippen LogP contribution is -2.47. The van der Waals surface area contributed by atoms with Crippen molar-refractivity contribution in [3.05, 3.63) is 54.4 Å². The minimum atomic E-state index is -3.69. The molecule has 2 saturated carbocycles. The highest BCUT2D eigenvalue weighted by Gasteiger charge is 2.32. The number of aromatic nitrogens is 1. The first-order chi connectivity index (χ1) is 16.5. The molecule has 3 N–H and O–H groups in total. The second-order valence-corrected chi connectivity index (χ2v) is 10.9. The molecule has 2 amide bonds. The number of nitrogens with zero attached hydrogens (tertiary/aromatic N) is 1. The van der Waals surface area contributed by atoms with Crippen molar-refractivity contribution in [2.45, 2.75) is 87.5 Å². The van der Waals surface area contributed by atoms with Crippen LogP contribution in [-0.2, 0) is 21.3 Å². The molecule has 1 aromatic carbocycles. The van der Waals surface area contributed by atoms with E-state index < -0.39 is 10.0 Å². The maximum absolute atomic E-state index is 13.1. The highest BCUT2D eigenvalue weighted by atomic mass is 32.2. The van der Waals surface area contributed by atoms with Crippen LogP contribution in [0, 0.1) is 0 Å². The van der Waals surface area contributed by atoms with Crippen LogP contribution >= 0.6 is 0 Å². The molecule has 0 radical (unpaired) electrons. The van der Waals surface area contributed by atoms with Gasteiger partial charge >= 0.3 is 6.03 Å². The van der Waals surface area contributed by atoms with E-state index in [4.69, 9.17) is 4.74 Å². The van der Waals surface area contributed by atoms with Gasteiger partial charge in [0.25, 0.3) is 0 Å². The van der Waals surface area contributed by atoms with Crippen molar-refractivity contribution >= 4 is 21.7 Å². The van der Waals surface area contributed by atoms with Crippen LogP contribution in [-0.4, -0.2) is 37.7 Å². The molecule has 0 bridgehead atoms. The van der Waals surface area contributed by atoms with Crippen LogP contribution in [0.2, 0.25) is 0 Å². The average molecular weight is 487 g/mol. The normalized spacial score (nSPS) is 21.6. The van der Waals surface area contributed by atoms with E-state index in [9.17, 15) is 13.2 Å². The zero-order valence-electron chi connectivity index (χ0n) is 19.4. The fraction of sp³-hybridized carbons (Fsp3) is 0.520. The molecule has 0 saturated heterocycles. The summed E-state index contributed by atoms with van der Waals surface area (Å²) in [7, 11) is -3.69. The SMILES string of the molecule is O=C(NCc1cccnc1)Nc1ccc(S(=O)(=O)NC2CCCCC2OC2CCCCC2)cc1. The van der Waals surface area contributed by atoms with Crippen molar-refractivity contribution in [1.29, 1.82) is 0 Å². The minimum Gasteiger partial charge on any atom is -0.373 e. The van der Waals surface area contributed by atoms with Crippen LogP contribution < -0.4 is 15.4 Å². The molecule has 8 nitrogen and oxygen atoms in total. The molecule has 2 unspecified atom stereocenters. The summed E-state index contributed by atoms with van der Waals surface area (Å²) in [6, 6.07) is 9.30. The van der Waals surface area contributed by atoms with Gasteiger partial charge in [0, 0.05) is 30.7 Å². The lowest BCUT2D eigenvalue weighted by Gasteiger charge is -2.35. The quantitative estimate of drug-likeness (QED) is 0.514. The smallest absolute Gasteiger partial charge is 0.319 e. The summed E-state index contributed by atoms with van der Waals surface area (Å²) >= 11 is 0. The zero-order chi connectivity index (χ0) is 23.8. The number of amides is 2.